The van der Waals surface area contributed by atoms with Gasteiger partial charge in [0.15, 0.2) is 11.6 Å². The van der Waals surface area contributed by atoms with Gasteiger partial charge in [-0.1, -0.05) is 6.07 Å². The van der Waals surface area contributed by atoms with Crippen molar-refractivity contribution in [2.45, 2.75) is 44.9 Å². The minimum atomic E-state index is -0.903. The van der Waals surface area contributed by atoms with E-state index in [9.17, 15) is 13.6 Å². The van der Waals surface area contributed by atoms with Crippen molar-refractivity contribution in [1.29, 1.82) is 0 Å². The van der Waals surface area contributed by atoms with Gasteiger partial charge in [0.05, 0.1) is 12.6 Å². The Morgan fingerprint density at radius 1 is 1.43 bits per heavy atom. The van der Waals surface area contributed by atoms with E-state index in [1.54, 1.807) is 20.8 Å². The molecular formula is C15H19F2NO3. The van der Waals surface area contributed by atoms with Crippen molar-refractivity contribution in [3.05, 3.63) is 35.4 Å². The molecule has 0 aliphatic carbocycles. The highest BCUT2D eigenvalue weighted by atomic mass is 19.2. The molecule has 1 aliphatic heterocycles. The van der Waals surface area contributed by atoms with Crippen LogP contribution >= 0.6 is 0 Å². The SMILES string of the molecule is CC(C)(C)OC(=O)NC(Cc1ccc(F)c(F)c1)C1CO1. The Balaban J connectivity index is 1.99. The third-order valence-electron chi connectivity index (χ3n) is 2.95. The van der Waals surface area contributed by atoms with Crippen LogP contribution in [0.2, 0.25) is 0 Å². The maximum atomic E-state index is 13.2. The zero-order valence-corrected chi connectivity index (χ0v) is 12.3. The average molecular weight is 299 g/mol. The zero-order valence-electron chi connectivity index (χ0n) is 12.3. The third kappa shape index (κ3) is 4.97. The Morgan fingerprint density at radius 3 is 2.62 bits per heavy atom. The van der Waals surface area contributed by atoms with Crippen LogP contribution in [0.5, 0.6) is 0 Å². The van der Waals surface area contributed by atoms with E-state index in [0.717, 1.165) is 12.1 Å². The van der Waals surface area contributed by atoms with Crippen LogP contribution in [-0.2, 0) is 15.9 Å². The van der Waals surface area contributed by atoms with E-state index in [0.29, 0.717) is 18.6 Å². The predicted octanol–water partition coefficient (Wildman–Crippen LogP) is 2.80. The Hall–Kier alpha value is -1.69. The summed E-state index contributed by atoms with van der Waals surface area (Å²) in [5.41, 5.74) is -0.00782. The Morgan fingerprint density at radius 2 is 2.10 bits per heavy atom. The average Bonchev–Trinajstić information content (AvgIpc) is 3.14. The molecule has 0 saturated carbocycles. The second kappa shape index (κ2) is 5.97. The number of carbonyl (C=O) groups excluding carboxylic acids is 1. The van der Waals surface area contributed by atoms with Gasteiger partial charge < -0.3 is 14.8 Å². The smallest absolute Gasteiger partial charge is 0.407 e. The van der Waals surface area contributed by atoms with Crippen molar-refractivity contribution < 1.29 is 23.0 Å². The van der Waals surface area contributed by atoms with Crippen molar-refractivity contribution in [2.24, 2.45) is 0 Å². The van der Waals surface area contributed by atoms with E-state index in [2.05, 4.69) is 5.32 Å². The molecule has 0 bridgehead atoms. The number of amides is 1. The molecule has 6 heteroatoms. The molecule has 1 heterocycles. The second-order valence-corrected chi connectivity index (χ2v) is 6.08. The molecule has 1 amide bonds. The summed E-state index contributed by atoms with van der Waals surface area (Å²) in [5.74, 6) is -1.79. The summed E-state index contributed by atoms with van der Waals surface area (Å²) < 4.78 is 36.5. The van der Waals surface area contributed by atoms with Crippen molar-refractivity contribution in [3.63, 3.8) is 0 Å². The zero-order chi connectivity index (χ0) is 15.6. The topological polar surface area (TPSA) is 50.9 Å². The molecular weight excluding hydrogens is 280 g/mol. The van der Waals surface area contributed by atoms with Gasteiger partial charge in [-0.3, -0.25) is 0 Å². The van der Waals surface area contributed by atoms with Crippen molar-refractivity contribution in [1.82, 2.24) is 5.32 Å². The largest absolute Gasteiger partial charge is 0.444 e. The number of benzene rings is 1. The first-order valence-corrected chi connectivity index (χ1v) is 6.79. The molecule has 0 radical (unpaired) electrons. The van der Waals surface area contributed by atoms with E-state index in [-0.39, 0.29) is 12.1 Å². The van der Waals surface area contributed by atoms with Crippen LogP contribution in [0, 0.1) is 11.6 Å². The molecule has 0 spiro atoms. The highest BCUT2D eigenvalue weighted by Gasteiger charge is 2.35. The van der Waals surface area contributed by atoms with Crippen LogP contribution in [0.15, 0.2) is 18.2 Å². The summed E-state index contributed by atoms with van der Waals surface area (Å²) in [4.78, 5) is 11.8. The standard InChI is InChI=1S/C15H19F2NO3/c1-15(2,3)21-14(19)18-12(13-8-20-13)7-9-4-5-10(16)11(17)6-9/h4-6,12-13H,7-8H2,1-3H3,(H,18,19). The van der Waals surface area contributed by atoms with Gasteiger partial charge in [0, 0.05) is 0 Å². The summed E-state index contributed by atoms with van der Waals surface area (Å²) in [5, 5.41) is 2.72. The lowest BCUT2D eigenvalue weighted by Gasteiger charge is -2.23. The molecule has 1 aromatic carbocycles. The van der Waals surface area contributed by atoms with Crippen molar-refractivity contribution in [2.75, 3.05) is 6.61 Å². The highest BCUT2D eigenvalue weighted by molar-refractivity contribution is 5.68. The summed E-state index contributed by atoms with van der Waals surface area (Å²) >= 11 is 0. The monoisotopic (exact) mass is 299 g/mol. The number of epoxide rings is 1. The van der Waals surface area contributed by atoms with E-state index in [1.807, 2.05) is 0 Å². The fourth-order valence-corrected chi connectivity index (χ4v) is 1.94. The fourth-order valence-electron chi connectivity index (χ4n) is 1.94. The molecule has 1 N–H and O–H groups in total. The van der Waals surface area contributed by atoms with Crippen molar-refractivity contribution >= 4 is 6.09 Å². The van der Waals surface area contributed by atoms with Gasteiger partial charge in [0.25, 0.3) is 0 Å². The first-order valence-electron chi connectivity index (χ1n) is 6.79. The third-order valence-corrected chi connectivity index (χ3v) is 2.95. The molecule has 2 unspecified atom stereocenters. The molecule has 1 fully saturated rings. The Labute approximate surface area is 122 Å². The molecule has 4 nitrogen and oxygen atoms in total. The first-order chi connectivity index (χ1) is 9.74. The first kappa shape index (κ1) is 15.7. The number of halogens is 2. The van der Waals surface area contributed by atoms with Gasteiger partial charge in [-0.05, 0) is 44.9 Å². The fraction of sp³-hybridized carbons (Fsp3) is 0.533. The van der Waals surface area contributed by atoms with Crippen LogP contribution in [-0.4, -0.2) is 30.4 Å². The summed E-state index contributed by atoms with van der Waals surface area (Å²) in [7, 11) is 0. The van der Waals surface area contributed by atoms with Crippen LogP contribution in [0.3, 0.4) is 0 Å². The highest BCUT2D eigenvalue weighted by Crippen LogP contribution is 2.20. The molecule has 1 aromatic rings. The van der Waals surface area contributed by atoms with Gasteiger partial charge in [-0.15, -0.1) is 0 Å². The minimum Gasteiger partial charge on any atom is -0.444 e. The number of hydrogen-bond donors (Lipinski definition) is 1. The lowest BCUT2D eigenvalue weighted by molar-refractivity contribution is 0.0495. The Kier molecular flexibility index (Phi) is 4.46. The van der Waals surface area contributed by atoms with Gasteiger partial charge >= 0.3 is 6.09 Å². The quantitative estimate of drug-likeness (QED) is 0.870. The molecule has 21 heavy (non-hydrogen) atoms. The molecule has 0 aromatic heterocycles. The van der Waals surface area contributed by atoms with E-state index < -0.39 is 23.3 Å². The number of rotatable bonds is 4. The van der Waals surface area contributed by atoms with Gasteiger partial charge in [-0.2, -0.15) is 0 Å². The van der Waals surface area contributed by atoms with E-state index in [4.69, 9.17) is 9.47 Å². The summed E-state index contributed by atoms with van der Waals surface area (Å²) in [6.45, 7) is 5.84. The Bertz CT molecular complexity index is 524. The van der Waals surface area contributed by atoms with Gasteiger partial charge in [0.2, 0.25) is 0 Å². The van der Waals surface area contributed by atoms with Gasteiger partial charge in [-0.25, -0.2) is 13.6 Å². The number of ether oxygens (including phenoxy) is 2. The second-order valence-electron chi connectivity index (χ2n) is 6.08. The predicted molar refractivity (Wildman–Crippen MR) is 73.0 cm³/mol. The van der Waals surface area contributed by atoms with E-state index in [1.165, 1.54) is 6.07 Å². The number of carbonyl (C=O) groups is 1. The number of hydrogen-bond acceptors (Lipinski definition) is 3. The van der Waals surface area contributed by atoms with Crippen LogP contribution in [0.4, 0.5) is 13.6 Å². The van der Waals surface area contributed by atoms with Crippen molar-refractivity contribution in [3.8, 4) is 0 Å². The molecule has 2 atom stereocenters. The number of nitrogens with one attached hydrogen (secondary N) is 1. The molecule has 116 valence electrons. The maximum Gasteiger partial charge on any atom is 0.407 e. The lowest BCUT2D eigenvalue weighted by atomic mass is 10.0. The van der Waals surface area contributed by atoms with Gasteiger partial charge in [0.1, 0.15) is 11.7 Å². The summed E-state index contributed by atoms with van der Waals surface area (Å²) in [6.07, 6.45) is -0.322. The molecule has 2 rings (SSSR count). The molecule has 1 saturated heterocycles. The maximum absolute atomic E-state index is 13.2. The lowest BCUT2D eigenvalue weighted by Crippen LogP contribution is -2.43. The molecule has 1 aliphatic rings. The minimum absolute atomic E-state index is 0.120. The van der Waals surface area contributed by atoms with E-state index >= 15 is 0 Å². The van der Waals surface area contributed by atoms with Crippen LogP contribution in [0.25, 0.3) is 0 Å². The normalized spacial score (nSPS) is 19.0. The summed E-state index contributed by atoms with van der Waals surface area (Å²) in [6, 6.07) is 3.36. The van der Waals surface area contributed by atoms with Crippen LogP contribution in [0.1, 0.15) is 26.3 Å². The number of alkyl carbamates (subject to hydrolysis) is 1. The van der Waals surface area contributed by atoms with Crippen LogP contribution < -0.4 is 5.32 Å².